The average molecular weight is 438 g/mol. The quantitative estimate of drug-likeness (QED) is 0.703. The second-order valence-electron chi connectivity index (χ2n) is 6.40. The van der Waals surface area contributed by atoms with Crippen molar-refractivity contribution in [2.75, 3.05) is 12.3 Å². The fourth-order valence-electron chi connectivity index (χ4n) is 2.66. The molecule has 0 saturated heterocycles. The number of amidine groups is 2. The van der Waals surface area contributed by atoms with E-state index in [1.807, 2.05) is 18.2 Å². The molecule has 0 aromatic heterocycles. The number of nitrogens with zero attached hydrogens (tertiary/aromatic N) is 3. The molecule has 3 aliphatic heterocycles. The summed E-state index contributed by atoms with van der Waals surface area (Å²) in [7, 11) is 0. The van der Waals surface area contributed by atoms with Crippen molar-refractivity contribution in [3.63, 3.8) is 0 Å². The molecule has 0 fully saturated rings. The number of thioether (sulfide) groups is 2. The molecule has 4 nitrogen and oxygen atoms in total. The summed E-state index contributed by atoms with van der Waals surface area (Å²) in [5, 5.41) is 8.51. The summed E-state index contributed by atoms with van der Waals surface area (Å²) in [6, 6.07) is 5.90. The molecule has 0 amide bonds. The number of hydrogen-bond donors (Lipinski definition) is 1. The number of rotatable bonds is 2. The molecule has 1 aromatic rings. The molecule has 3 heterocycles. The van der Waals surface area contributed by atoms with Crippen LogP contribution in [0.1, 0.15) is 19.4 Å². The van der Waals surface area contributed by atoms with E-state index in [-0.39, 0.29) is 30.4 Å². The van der Waals surface area contributed by atoms with Crippen LogP contribution in [0.4, 0.5) is 5.69 Å². The molecule has 4 rings (SSSR count). The first-order valence-electron chi connectivity index (χ1n) is 7.46. The zero-order chi connectivity index (χ0) is 16.0. The Bertz CT molecular complexity index is 762. The number of benzene rings is 1. The van der Waals surface area contributed by atoms with E-state index < -0.39 is 0 Å². The molecule has 25 heavy (non-hydrogen) atoms. The number of halogens is 3. The van der Waals surface area contributed by atoms with Crippen molar-refractivity contribution in [2.24, 2.45) is 9.98 Å². The van der Waals surface area contributed by atoms with Gasteiger partial charge < -0.3 is 10.2 Å². The van der Waals surface area contributed by atoms with Crippen molar-refractivity contribution in [1.29, 1.82) is 0 Å². The Labute approximate surface area is 173 Å². The van der Waals surface area contributed by atoms with Crippen LogP contribution in [0.5, 0.6) is 0 Å². The normalized spacial score (nSPS) is 19.5. The third-order valence-electron chi connectivity index (χ3n) is 3.88. The van der Waals surface area contributed by atoms with E-state index in [4.69, 9.17) is 16.6 Å². The molecule has 0 atom stereocenters. The zero-order valence-corrected chi connectivity index (χ0v) is 17.8. The first-order chi connectivity index (χ1) is 11.0. The smallest absolute Gasteiger partial charge is 0.173 e. The monoisotopic (exact) mass is 436 g/mol. The molecule has 1 N–H and O–H groups in total. The summed E-state index contributed by atoms with van der Waals surface area (Å²) >= 11 is 9.57. The van der Waals surface area contributed by atoms with E-state index in [0.717, 1.165) is 39.9 Å². The van der Waals surface area contributed by atoms with Crippen molar-refractivity contribution in [1.82, 2.24) is 10.2 Å². The highest BCUT2D eigenvalue weighted by Crippen LogP contribution is 2.38. The lowest BCUT2D eigenvalue weighted by Gasteiger charge is -2.27. The first-order valence-corrected chi connectivity index (χ1v) is 9.70. The van der Waals surface area contributed by atoms with Gasteiger partial charge in [0.25, 0.3) is 0 Å². The lowest BCUT2D eigenvalue weighted by Crippen LogP contribution is -2.38. The molecular formula is C16H19Cl3N4S2. The SMILES string of the molecule is CC1(C)CN=C(SCC2=CSC3=Nc4ccc(Cl)cc4CN23)N1.Cl.Cl. The van der Waals surface area contributed by atoms with E-state index in [0.29, 0.717) is 0 Å². The van der Waals surface area contributed by atoms with Gasteiger partial charge in [-0.2, -0.15) is 0 Å². The van der Waals surface area contributed by atoms with Crippen LogP contribution in [0, 0.1) is 0 Å². The van der Waals surface area contributed by atoms with Crippen LogP contribution in [0.3, 0.4) is 0 Å². The maximum Gasteiger partial charge on any atom is 0.173 e. The molecule has 9 heteroatoms. The van der Waals surface area contributed by atoms with Crippen molar-refractivity contribution >= 4 is 76.0 Å². The highest BCUT2D eigenvalue weighted by atomic mass is 35.5. The van der Waals surface area contributed by atoms with Crippen molar-refractivity contribution in [3.8, 4) is 0 Å². The Kier molecular flexibility index (Phi) is 6.65. The number of aliphatic imine (C=N–C) groups is 2. The Morgan fingerprint density at radius 3 is 2.88 bits per heavy atom. The van der Waals surface area contributed by atoms with Crippen LogP contribution in [0.15, 0.2) is 39.3 Å². The van der Waals surface area contributed by atoms with Gasteiger partial charge >= 0.3 is 0 Å². The minimum absolute atomic E-state index is 0. The van der Waals surface area contributed by atoms with Gasteiger partial charge in [0.1, 0.15) is 0 Å². The maximum absolute atomic E-state index is 6.12. The Morgan fingerprint density at radius 1 is 1.36 bits per heavy atom. The van der Waals surface area contributed by atoms with Crippen molar-refractivity contribution in [3.05, 3.63) is 39.9 Å². The molecule has 0 bridgehead atoms. The van der Waals surface area contributed by atoms with Gasteiger partial charge in [-0.05, 0) is 43.0 Å². The fraction of sp³-hybridized carbons (Fsp3) is 0.375. The molecular weight excluding hydrogens is 419 g/mol. The van der Waals surface area contributed by atoms with E-state index in [9.17, 15) is 0 Å². The Morgan fingerprint density at radius 2 is 2.16 bits per heavy atom. The molecule has 0 saturated carbocycles. The lowest BCUT2D eigenvalue weighted by molar-refractivity contribution is 0.507. The van der Waals surface area contributed by atoms with Crippen LogP contribution >= 0.6 is 59.9 Å². The number of hydrogen-bond acceptors (Lipinski definition) is 6. The van der Waals surface area contributed by atoms with E-state index >= 15 is 0 Å². The van der Waals surface area contributed by atoms with Gasteiger partial charge in [-0.15, -0.1) is 24.8 Å². The maximum atomic E-state index is 6.12. The van der Waals surface area contributed by atoms with Crippen LogP contribution < -0.4 is 5.32 Å². The lowest BCUT2D eigenvalue weighted by atomic mass is 10.1. The van der Waals surface area contributed by atoms with Crippen molar-refractivity contribution in [2.45, 2.75) is 25.9 Å². The van der Waals surface area contributed by atoms with Crippen LogP contribution in [-0.2, 0) is 6.54 Å². The zero-order valence-electron chi connectivity index (χ0n) is 13.8. The van der Waals surface area contributed by atoms with Gasteiger partial charge in [-0.3, -0.25) is 4.99 Å². The Balaban J connectivity index is 0.00000113. The molecule has 136 valence electrons. The van der Waals surface area contributed by atoms with Gasteiger partial charge in [-0.1, -0.05) is 35.1 Å². The first kappa shape index (κ1) is 20.8. The number of fused-ring (bicyclic) bond motifs is 2. The van der Waals surface area contributed by atoms with Crippen LogP contribution in [-0.4, -0.2) is 33.1 Å². The highest BCUT2D eigenvalue weighted by molar-refractivity contribution is 8.17. The van der Waals surface area contributed by atoms with Gasteiger partial charge in [-0.25, -0.2) is 4.99 Å². The predicted octanol–water partition coefficient (Wildman–Crippen LogP) is 5.05. The summed E-state index contributed by atoms with van der Waals surface area (Å²) in [6.45, 7) is 6.01. The molecule has 1 aromatic carbocycles. The third-order valence-corrected chi connectivity index (χ3v) is 5.98. The molecule has 0 unspecified atom stereocenters. The summed E-state index contributed by atoms with van der Waals surface area (Å²) in [4.78, 5) is 11.6. The minimum Gasteiger partial charge on any atom is -0.358 e. The predicted molar refractivity (Wildman–Crippen MR) is 116 cm³/mol. The highest BCUT2D eigenvalue weighted by Gasteiger charge is 2.29. The second-order valence-corrected chi connectivity index (χ2v) is 8.64. The summed E-state index contributed by atoms with van der Waals surface area (Å²) < 4.78 is 0. The van der Waals surface area contributed by atoms with E-state index in [1.54, 1.807) is 23.5 Å². The van der Waals surface area contributed by atoms with E-state index in [1.165, 1.54) is 11.3 Å². The van der Waals surface area contributed by atoms with E-state index in [2.05, 4.69) is 34.5 Å². The molecule has 0 aliphatic carbocycles. The van der Waals surface area contributed by atoms with Crippen LogP contribution in [0.2, 0.25) is 5.02 Å². The minimum atomic E-state index is 0. The molecule has 3 aliphatic rings. The third kappa shape index (κ3) is 4.42. The molecule has 0 radical (unpaired) electrons. The summed E-state index contributed by atoms with van der Waals surface area (Å²) in [5.74, 6) is 0.893. The Hall–Kier alpha value is -0.530. The number of nitrogens with one attached hydrogen (secondary N) is 1. The topological polar surface area (TPSA) is 40.0 Å². The van der Waals surface area contributed by atoms with Gasteiger partial charge in [0.2, 0.25) is 0 Å². The van der Waals surface area contributed by atoms with Crippen molar-refractivity contribution < 1.29 is 0 Å². The summed E-state index contributed by atoms with van der Waals surface area (Å²) in [6.07, 6.45) is 0. The summed E-state index contributed by atoms with van der Waals surface area (Å²) in [5.41, 5.74) is 3.56. The van der Waals surface area contributed by atoms with Gasteiger partial charge in [0.05, 0.1) is 24.3 Å². The fourth-order valence-corrected chi connectivity index (χ4v) is 4.90. The van der Waals surface area contributed by atoms with Gasteiger partial charge in [0.15, 0.2) is 10.3 Å². The standard InChI is InChI=1S/C16H17ClN4S2.2ClH/c1-16(2)9-18-14(20-16)22-7-12-8-23-15-19-13-4-3-11(17)5-10(13)6-21(12)15;;/h3-5,8H,6-7,9H2,1-2H3,(H,18,20);2*1H. The second kappa shape index (κ2) is 8.01. The largest absolute Gasteiger partial charge is 0.358 e. The van der Waals surface area contributed by atoms with Crippen LogP contribution in [0.25, 0.3) is 0 Å². The van der Waals surface area contributed by atoms with Gasteiger partial charge in [0, 0.05) is 16.5 Å². The average Bonchev–Trinajstić information content (AvgIpc) is 3.05. The molecule has 0 spiro atoms.